The molecular weight excluding hydrogens is 354 g/mol. The van der Waals surface area contributed by atoms with Gasteiger partial charge in [-0.2, -0.15) is 0 Å². The van der Waals surface area contributed by atoms with Gasteiger partial charge in [-0.15, -0.1) is 0 Å². The van der Waals surface area contributed by atoms with E-state index in [0.717, 1.165) is 43.5 Å². The molecule has 1 atom stereocenters. The minimum Gasteiger partial charge on any atom is -0.367 e. The molecule has 1 aliphatic carbocycles. The van der Waals surface area contributed by atoms with Crippen LogP contribution < -0.4 is 10.8 Å². The summed E-state index contributed by atoms with van der Waals surface area (Å²) in [5.41, 5.74) is 6.08. The van der Waals surface area contributed by atoms with Gasteiger partial charge < -0.3 is 10.1 Å². The number of hydrogen-bond donors (Lipinski definition) is 2. The fourth-order valence-electron chi connectivity index (χ4n) is 3.59. The lowest BCUT2D eigenvalue weighted by atomic mass is 10.1. The number of benzene rings is 1. The number of carbonyl (C=O) groups is 1. The third-order valence-corrected chi connectivity index (χ3v) is 5.05. The van der Waals surface area contributed by atoms with Crippen LogP contribution >= 0.6 is 0 Å². The summed E-state index contributed by atoms with van der Waals surface area (Å²) in [4.78, 5) is 21.6. The molecule has 1 unspecified atom stereocenters. The van der Waals surface area contributed by atoms with Crippen LogP contribution in [-0.4, -0.2) is 29.8 Å². The average molecular weight is 379 g/mol. The number of amides is 1. The molecule has 1 amide bonds. The normalized spacial score (nSPS) is 19.5. The number of hydroxylamine groups is 1. The van der Waals surface area contributed by atoms with Crippen molar-refractivity contribution < 1.29 is 14.4 Å². The van der Waals surface area contributed by atoms with E-state index in [0.29, 0.717) is 12.6 Å². The van der Waals surface area contributed by atoms with Crippen LogP contribution in [0.3, 0.4) is 0 Å². The van der Waals surface area contributed by atoms with Gasteiger partial charge in [0.2, 0.25) is 0 Å². The van der Waals surface area contributed by atoms with Crippen LogP contribution in [0.25, 0.3) is 6.08 Å². The van der Waals surface area contributed by atoms with Crippen LogP contribution in [0.1, 0.15) is 36.0 Å². The van der Waals surface area contributed by atoms with Crippen LogP contribution in [0.5, 0.6) is 0 Å². The lowest BCUT2D eigenvalue weighted by Crippen LogP contribution is -2.32. The van der Waals surface area contributed by atoms with Gasteiger partial charge in [0, 0.05) is 31.3 Å². The number of pyridine rings is 1. The van der Waals surface area contributed by atoms with Crippen LogP contribution in [0.15, 0.2) is 48.7 Å². The molecule has 0 spiro atoms. The highest BCUT2D eigenvalue weighted by atomic mass is 16.8. The lowest BCUT2D eigenvalue weighted by molar-refractivity contribution is -0.198. The Kier molecular flexibility index (Phi) is 5.99. The third kappa shape index (κ3) is 4.97. The highest BCUT2D eigenvalue weighted by Crippen LogP contribution is 2.24. The van der Waals surface area contributed by atoms with E-state index in [1.807, 2.05) is 12.1 Å². The minimum absolute atomic E-state index is 0.319. The van der Waals surface area contributed by atoms with Gasteiger partial charge in [0.1, 0.15) is 5.82 Å². The van der Waals surface area contributed by atoms with Gasteiger partial charge >= 0.3 is 0 Å². The topological polar surface area (TPSA) is 72.5 Å². The van der Waals surface area contributed by atoms with Crippen molar-refractivity contribution in [1.29, 1.82) is 0 Å². The smallest absolute Gasteiger partial charge is 0.267 e. The molecule has 1 aromatic heterocycles. The zero-order valence-electron chi connectivity index (χ0n) is 15.8. The van der Waals surface area contributed by atoms with E-state index >= 15 is 0 Å². The zero-order chi connectivity index (χ0) is 19.2. The molecule has 0 bridgehead atoms. The molecule has 2 heterocycles. The molecule has 1 fully saturated rings. The van der Waals surface area contributed by atoms with Gasteiger partial charge in [-0.1, -0.05) is 24.3 Å². The summed E-state index contributed by atoms with van der Waals surface area (Å²) < 4.78 is 5.40. The minimum atomic E-state index is -0.347. The third-order valence-electron chi connectivity index (χ3n) is 5.05. The summed E-state index contributed by atoms with van der Waals surface area (Å²) in [6, 6.07) is 12.8. The summed E-state index contributed by atoms with van der Waals surface area (Å²) in [5.74, 6) is 0.525. The molecule has 28 heavy (non-hydrogen) atoms. The van der Waals surface area contributed by atoms with Crippen LogP contribution in [0.2, 0.25) is 0 Å². The highest BCUT2D eigenvalue weighted by molar-refractivity contribution is 5.90. The Hall–Kier alpha value is -2.70. The number of carbonyl (C=O) groups excluding carboxylic acids is 1. The van der Waals surface area contributed by atoms with Crippen molar-refractivity contribution in [3.63, 3.8) is 0 Å². The first-order chi connectivity index (χ1) is 13.8. The van der Waals surface area contributed by atoms with Gasteiger partial charge in [0.15, 0.2) is 6.29 Å². The molecule has 2 aliphatic rings. The number of nitrogens with zero attached hydrogens (tertiary/aromatic N) is 1. The number of hydrogen-bond acceptors (Lipinski definition) is 5. The summed E-state index contributed by atoms with van der Waals surface area (Å²) in [7, 11) is 0. The van der Waals surface area contributed by atoms with Gasteiger partial charge in [-0.25, -0.2) is 15.3 Å². The monoisotopic (exact) mass is 379 g/mol. The van der Waals surface area contributed by atoms with E-state index in [4.69, 9.17) is 9.57 Å². The molecule has 0 radical (unpaired) electrons. The van der Waals surface area contributed by atoms with Crippen LogP contribution in [0.4, 0.5) is 5.82 Å². The Bertz CT molecular complexity index is 804. The van der Waals surface area contributed by atoms with Gasteiger partial charge in [0.25, 0.3) is 5.91 Å². The summed E-state index contributed by atoms with van der Waals surface area (Å²) >= 11 is 0. The summed E-state index contributed by atoms with van der Waals surface area (Å²) in [6.45, 7) is 0.676. The van der Waals surface area contributed by atoms with Crippen molar-refractivity contribution >= 4 is 17.8 Å². The van der Waals surface area contributed by atoms with E-state index in [2.05, 4.69) is 40.0 Å². The number of fused-ring (bicyclic) bond motifs is 1. The number of nitrogens with one attached hydrogen (secondary N) is 2. The van der Waals surface area contributed by atoms with E-state index in [1.54, 1.807) is 12.3 Å². The Morgan fingerprint density at radius 2 is 1.96 bits per heavy atom. The van der Waals surface area contributed by atoms with Crippen molar-refractivity contribution in [3.8, 4) is 0 Å². The first kappa shape index (κ1) is 18.7. The second-order valence-corrected chi connectivity index (χ2v) is 7.21. The van der Waals surface area contributed by atoms with E-state index in [1.165, 1.54) is 17.2 Å². The number of anilines is 1. The zero-order valence-corrected chi connectivity index (χ0v) is 15.8. The molecule has 1 aliphatic heterocycles. The van der Waals surface area contributed by atoms with Gasteiger partial charge in [-0.05, 0) is 60.6 Å². The highest BCUT2D eigenvalue weighted by Gasteiger charge is 2.20. The van der Waals surface area contributed by atoms with Crippen molar-refractivity contribution in [2.24, 2.45) is 0 Å². The largest absolute Gasteiger partial charge is 0.367 e. The molecule has 1 saturated heterocycles. The maximum atomic E-state index is 11.9. The quantitative estimate of drug-likeness (QED) is 0.595. The number of aromatic nitrogens is 1. The second kappa shape index (κ2) is 8.99. The Morgan fingerprint density at radius 1 is 1.14 bits per heavy atom. The molecule has 6 nitrogen and oxygen atoms in total. The van der Waals surface area contributed by atoms with Crippen molar-refractivity contribution in [1.82, 2.24) is 10.5 Å². The Balaban J connectivity index is 1.24. The fourth-order valence-corrected chi connectivity index (χ4v) is 3.59. The molecule has 6 heteroatoms. The molecule has 2 N–H and O–H groups in total. The van der Waals surface area contributed by atoms with Gasteiger partial charge in [-0.3, -0.25) is 4.79 Å². The SMILES string of the molecule is O=C(C=Cc1ccc(NC2Cc3ccccc3C2)nc1)NOC1CCCCO1. The van der Waals surface area contributed by atoms with Gasteiger partial charge in [0.05, 0.1) is 0 Å². The van der Waals surface area contributed by atoms with Crippen molar-refractivity contribution in [2.75, 3.05) is 11.9 Å². The number of ether oxygens (including phenoxy) is 1. The Labute approximate surface area is 164 Å². The van der Waals surface area contributed by atoms with E-state index in [9.17, 15) is 4.79 Å². The number of rotatable bonds is 6. The van der Waals surface area contributed by atoms with Crippen molar-refractivity contribution in [3.05, 3.63) is 65.4 Å². The molecule has 146 valence electrons. The van der Waals surface area contributed by atoms with E-state index < -0.39 is 0 Å². The molecular formula is C22H25N3O3. The molecule has 4 rings (SSSR count). The Morgan fingerprint density at radius 3 is 2.64 bits per heavy atom. The summed E-state index contributed by atoms with van der Waals surface area (Å²) in [5, 5.41) is 3.49. The predicted octanol–water partition coefficient (Wildman–Crippen LogP) is 3.25. The first-order valence-corrected chi connectivity index (χ1v) is 9.81. The maximum Gasteiger partial charge on any atom is 0.267 e. The fraction of sp³-hybridized carbons (Fsp3) is 0.364. The standard InChI is InChI=1S/C22H25N3O3/c26-21(25-28-22-7-3-4-12-27-22)11-9-16-8-10-20(23-15-16)24-19-13-17-5-1-2-6-18(17)14-19/h1-2,5-6,8-11,15,19,22H,3-4,7,12-14H2,(H,23,24)(H,25,26). The van der Waals surface area contributed by atoms with E-state index in [-0.39, 0.29) is 12.2 Å². The van der Waals surface area contributed by atoms with Crippen LogP contribution in [0, 0.1) is 0 Å². The molecule has 2 aromatic rings. The first-order valence-electron chi connectivity index (χ1n) is 9.81. The summed E-state index contributed by atoms with van der Waals surface area (Å²) in [6.07, 6.45) is 9.47. The second-order valence-electron chi connectivity index (χ2n) is 7.21. The predicted molar refractivity (Wildman–Crippen MR) is 107 cm³/mol. The lowest BCUT2D eigenvalue weighted by Gasteiger charge is -2.21. The molecule has 1 aromatic carbocycles. The van der Waals surface area contributed by atoms with Crippen molar-refractivity contribution in [2.45, 2.75) is 44.4 Å². The molecule has 0 saturated carbocycles. The van der Waals surface area contributed by atoms with Crippen LogP contribution in [-0.2, 0) is 27.2 Å². The maximum absolute atomic E-state index is 11.9. The average Bonchev–Trinajstić information content (AvgIpc) is 3.15.